The normalized spacial score (nSPS) is 10.8. The van der Waals surface area contributed by atoms with Crippen LogP contribution in [0.15, 0.2) is 30.6 Å². The second kappa shape index (κ2) is 3.37. The molecule has 84 valence electrons. The number of non-ortho nitro benzene ring substituents is 1. The number of rotatable bonds is 2. The SMILES string of the molecule is O=[N+]([O-])c1ccc(-c2nc3nncn3[nH]2)cc1. The number of aromatic amines is 1. The molecule has 0 amide bonds. The summed E-state index contributed by atoms with van der Waals surface area (Å²) in [5.41, 5.74) is 0.799. The molecule has 3 rings (SSSR count). The Morgan fingerprint density at radius 2 is 2.06 bits per heavy atom. The Balaban J connectivity index is 2.03. The standard InChI is InChI=1S/C9H6N6O2/c16-15(17)7-3-1-6(2-4-7)8-11-9-12-10-5-14(9)13-8/h1-5H,(H,11,12,13). The van der Waals surface area contributed by atoms with Crippen LogP contribution in [0.5, 0.6) is 0 Å². The van der Waals surface area contributed by atoms with Crippen LogP contribution in [0.1, 0.15) is 0 Å². The van der Waals surface area contributed by atoms with Gasteiger partial charge in [-0.15, -0.1) is 10.2 Å². The van der Waals surface area contributed by atoms with Gasteiger partial charge in [0.05, 0.1) is 4.92 Å². The van der Waals surface area contributed by atoms with E-state index in [0.717, 1.165) is 5.56 Å². The topological polar surface area (TPSA) is 102 Å². The first-order valence-corrected chi connectivity index (χ1v) is 4.74. The summed E-state index contributed by atoms with van der Waals surface area (Å²) >= 11 is 0. The monoisotopic (exact) mass is 230 g/mol. The van der Waals surface area contributed by atoms with Crippen LogP contribution >= 0.6 is 0 Å². The highest BCUT2D eigenvalue weighted by Crippen LogP contribution is 2.19. The predicted octanol–water partition coefficient (Wildman–Crippen LogP) is 1.03. The van der Waals surface area contributed by atoms with Crippen molar-refractivity contribution in [2.45, 2.75) is 0 Å². The van der Waals surface area contributed by atoms with Crippen molar-refractivity contribution in [3.8, 4) is 11.4 Å². The molecule has 0 aliphatic rings. The van der Waals surface area contributed by atoms with Gasteiger partial charge in [-0.25, -0.2) is 4.52 Å². The minimum absolute atomic E-state index is 0.0479. The lowest BCUT2D eigenvalue weighted by molar-refractivity contribution is -0.384. The van der Waals surface area contributed by atoms with Crippen LogP contribution in [-0.2, 0) is 0 Å². The zero-order valence-electron chi connectivity index (χ0n) is 8.44. The third-order valence-corrected chi connectivity index (χ3v) is 2.32. The molecule has 1 aromatic carbocycles. The van der Waals surface area contributed by atoms with Crippen molar-refractivity contribution in [3.63, 3.8) is 0 Å². The quantitative estimate of drug-likeness (QED) is 0.523. The summed E-state index contributed by atoms with van der Waals surface area (Å²) in [5.74, 6) is 1.04. The fourth-order valence-electron chi connectivity index (χ4n) is 1.49. The van der Waals surface area contributed by atoms with E-state index in [4.69, 9.17) is 0 Å². The molecule has 2 heterocycles. The van der Waals surface area contributed by atoms with Gasteiger partial charge in [0.15, 0.2) is 5.82 Å². The zero-order valence-corrected chi connectivity index (χ0v) is 8.44. The van der Waals surface area contributed by atoms with Gasteiger partial charge in [-0.1, -0.05) is 0 Å². The smallest absolute Gasteiger partial charge is 0.271 e. The van der Waals surface area contributed by atoms with Crippen LogP contribution < -0.4 is 0 Å². The summed E-state index contributed by atoms with van der Waals surface area (Å²) in [4.78, 5) is 14.2. The van der Waals surface area contributed by atoms with Gasteiger partial charge in [0.25, 0.3) is 11.5 Å². The third kappa shape index (κ3) is 1.51. The molecule has 0 unspecified atom stereocenters. The molecule has 3 aromatic rings. The highest BCUT2D eigenvalue weighted by Gasteiger charge is 2.09. The molecule has 2 aromatic heterocycles. The van der Waals surface area contributed by atoms with Gasteiger partial charge in [0, 0.05) is 17.7 Å². The molecule has 0 fully saturated rings. The largest absolute Gasteiger partial charge is 0.273 e. The predicted molar refractivity (Wildman–Crippen MR) is 57.2 cm³/mol. The fourth-order valence-corrected chi connectivity index (χ4v) is 1.49. The summed E-state index contributed by atoms with van der Waals surface area (Å²) < 4.78 is 1.57. The van der Waals surface area contributed by atoms with E-state index in [2.05, 4.69) is 20.3 Å². The molecule has 0 radical (unpaired) electrons. The lowest BCUT2D eigenvalue weighted by Crippen LogP contribution is -1.88. The number of fused-ring (bicyclic) bond motifs is 1. The Morgan fingerprint density at radius 1 is 1.29 bits per heavy atom. The molecular formula is C9H6N6O2. The van der Waals surface area contributed by atoms with Gasteiger partial charge in [-0.05, 0) is 12.1 Å². The van der Waals surface area contributed by atoms with Gasteiger partial charge in [0.1, 0.15) is 6.33 Å². The summed E-state index contributed by atoms with van der Waals surface area (Å²) in [7, 11) is 0. The Bertz CT molecular complexity index is 654. The Morgan fingerprint density at radius 3 is 2.71 bits per heavy atom. The average molecular weight is 230 g/mol. The van der Waals surface area contributed by atoms with Crippen molar-refractivity contribution in [1.29, 1.82) is 0 Å². The van der Waals surface area contributed by atoms with Crippen LogP contribution in [-0.4, -0.2) is 29.7 Å². The van der Waals surface area contributed by atoms with Gasteiger partial charge in [-0.3, -0.25) is 15.2 Å². The maximum atomic E-state index is 10.5. The summed E-state index contributed by atoms with van der Waals surface area (Å²) in [5, 5.41) is 20.9. The molecule has 1 N–H and O–H groups in total. The van der Waals surface area contributed by atoms with Crippen LogP contribution in [0.25, 0.3) is 17.2 Å². The van der Waals surface area contributed by atoms with Crippen LogP contribution in [0, 0.1) is 10.1 Å². The number of benzene rings is 1. The molecule has 8 nitrogen and oxygen atoms in total. The van der Waals surface area contributed by atoms with E-state index in [1.807, 2.05) is 0 Å². The van der Waals surface area contributed by atoms with Crippen LogP contribution in [0.3, 0.4) is 0 Å². The number of hydrogen-bond acceptors (Lipinski definition) is 5. The molecule has 0 saturated heterocycles. The number of nitrogens with one attached hydrogen (secondary N) is 1. The Labute approximate surface area is 94.1 Å². The highest BCUT2D eigenvalue weighted by molar-refractivity contribution is 5.58. The lowest BCUT2D eigenvalue weighted by atomic mass is 10.2. The highest BCUT2D eigenvalue weighted by atomic mass is 16.6. The van der Waals surface area contributed by atoms with Crippen molar-refractivity contribution in [2.75, 3.05) is 0 Å². The van der Waals surface area contributed by atoms with E-state index in [1.54, 1.807) is 16.6 Å². The number of nitrogens with zero attached hydrogens (tertiary/aromatic N) is 5. The Hall–Kier alpha value is -2.77. The Kier molecular flexibility index (Phi) is 1.87. The zero-order chi connectivity index (χ0) is 11.8. The van der Waals surface area contributed by atoms with E-state index in [9.17, 15) is 10.1 Å². The van der Waals surface area contributed by atoms with Gasteiger partial charge < -0.3 is 0 Å². The summed E-state index contributed by atoms with van der Waals surface area (Å²) in [6.07, 6.45) is 1.50. The first-order valence-electron chi connectivity index (χ1n) is 4.74. The number of aromatic nitrogens is 5. The van der Waals surface area contributed by atoms with Crippen molar-refractivity contribution in [3.05, 3.63) is 40.7 Å². The molecule has 0 saturated carbocycles. The maximum absolute atomic E-state index is 10.5. The molecule has 0 atom stereocenters. The van der Waals surface area contributed by atoms with E-state index >= 15 is 0 Å². The van der Waals surface area contributed by atoms with Crippen molar-refractivity contribution in [2.24, 2.45) is 0 Å². The van der Waals surface area contributed by atoms with Crippen LogP contribution in [0.2, 0.25) is 0 Å². The molecule has 8 heteroatoms. The maximum Gasteiger partial charge on any atom is 0.271 e. The average Bonchev–Trinajstić information content (AvgIpc) is 2.89. The molecular weight excluding hydrogens is 224 g/mol. The summed E-state index contributed by atoms with van der Waals surface area (Å²) in [6.45, 7) is 0. The lowest BCUT2D eigenvalue weighted by Gasteiger charge is -1.95. The van der Waals surface area contributed by atoms with Crippen molar-refractivity contribution >= 4 is 11.5 Å². The summed E-state index contributed by atoms with van der Waals surface area (Å²) in [6, 6.07) is 6.12. The van der Waals surface area contributed by atoms with Gasteiger partial charge in [0.2, 0.25) is 0 Å². The number of H-pyrrole nitrogens is 1. The molecule has 0 aliphatic carbocycles. The van der Waals surface area contributed by atoms with Crippen LogP contribution in [0.4, 0.5) is 5.69 Å². The van der Waals surface area contributed by atoms with Gasteiger partial charge in [-0.2, -0.15) is 4.98 Å². The van der Waals surface area contributed by atoms with Crippen molar-refractivity contribution in [1.82, 2.24) is 24.8 Å². The first-order chi connectivity index (χ1) is 8.24. The third-order valence-electron chi connectivity index (χ3n) is 2.32. The van der Waals surface area contributed by atoms with E-state index < -0.39 is 4.92 Å². The molecule has 0 spiro atoms. The minimum Gasteiger partial charge on any atom is -0.273 e. The van der Waals surface area contributed by atoms with E-state index in [-0.39, 0.29) is 5.69 Å². The second-order valence-corrected chi connectivity index (χ2v) is 3.38. The number of nitro groups is 1. The second-order valence-electron chi connectivity index (χ2n) is 3.38. The molecule has 0 bridgehead atoms. The molecule has 0 aliphatic heterocycles. The minimum atomic E-state index is -0.442. The van der Waals surface area contributed by atoms with Gasteiger partial charge >= 0.3 is 0 Å². The van der Waals surface area contributed by atoms with E-state index in [1.165, 1.54) is 18.5 Å². The van der Waals surface area contributed by atoms with Crippen molar-refractivity contribution < 1.29 is 4.92 Å². The fraction of sp³-hybridized carbons (Fsp3) is 0. The van der Waals surface area contributed by atoms with E-state index in [0.29, 0.717) is 11.6 Å². The number of nitro benzene ring substituents is 1. The first kappa shape index (κ1) is 9.46. The molecule has 17 heavy (non-hydrogen) atoms. The number of hydrogen-bond donors (Lipinski definition) is 1.